The maximum absolute atomic E-state index is 13.1. The lowest BCUT2D eigenvalue weighted by atomic mass is 10.1. The number of benzene rings is 2. The summed E-state index contributed by atoms with van der Waals surface area (Å²) in [6, 6.07) is 11.9. The molecule has 1 atom stereocenters. The monoisotopic (exact) mass is 381 g/mol. The van der Waals surface area contributed by atoms with E-state index in [1.807, 2.05) is 0 Å². The SMILES string of the molecule is O=C(c1ccc(F)cc1)N(Cc1ccc(Cl)cc1)[C@@H]1CCS(=O)(=O)C1. The van der Waals surface area contributed by atoms with Crippen LogP contribution in [0, 0.1) is 5.82 Å². The topological polar surface area (TPSA) is 54.5 Å². The van der Waals surface area contributed by atoms with Crippen molar-refractivity contribution in [1.82, 2.24) is 4.90 Å². The minimum Gasteiger partial charge on any atom is -0.330 e. The summed E-state index contributed by atoms with van der Waals surface area (Å²) in [6.07, 6.45) is 0.406. The first-order valence-corrected chi connectivity index (χ1v) is 10.1. The van der Waals surface area contributed by atoms with E-state index in [0.717, 1.165) is 5.56 Å². The third-order valence-electron chi connectivity index (χ3n) is 4.27. The van der Waals surface area contributed by atoms with E-state index in [1.54, 1.807) is 29.2 Å². The van der Waals surface area contributed by atoms with Gasteiger partial charge in [-0.25, -0.2) is 12.8 Å². The Bertz CT molecular complexity index is 866. The van der Waals surface area contributed by atoms with Crippen molar-refractivity contribution in [3.8, 4) is 0 Å². The Balaban J connectivity index is 1.89. The fourth-order valence-corrected chi connectivity index (χ4v) is 4.79. The van der Waals surface area contributed by atoms with Gasteiger partial charge in [-0.3, -0.25) is 4.79 Å². The summed E-state index contributed by atoms with van der Waals surface area (Å²) in [5.74, 6) is -0.708. The van der Waals surface area contributed by atoms with E-state index in [9.17, 15) is 17.6 Å². The number of nitrogens with zero attached hydrogens (tertiary/aromatic N) is 1. The van der Waals surface area contributed by atoms with Gasteiger partial charge in [0.2, 0.25) is 0 Å². The molecule has 7 heteroatoms. The highest BCUT2D eigenvalue weighted by Crippen LogP contribution is 2.23. The van der Waals surface area contributed by atoms with Crippen molar-refractivity contribution < 1.29 is 17.6 Å². The Morgan fingerprint density at radius 2 is 1.76 bits per heavy atom. The zero-order valence-electron chi connectivity index (χ0n) is 13.4. The molecule has 0 bridgehead atoms. The summed E-state index contributed by atoms with van der Waals surface area (Å²) in [4.78, 5) is 14.5. The minimum absolute atomic E-state index is 0.0481. The summed E-state index contributed by atoms with van der Waals surface area (Å²) < 4.78 is 36.8. The van der Waals surface area contributed by atoms with E-state index in [-0.39, 0.29) is 24.0 Å². The van der Waals surface area contributed by atoms with Gasteiger partial charge in [-0.2, -0.15) is 0 Å². The molecule has 132 valence electrons. The van der Waals surface area contributed by atoms with Gasteiger partial charge in [0.15, 0.2) is 9.84 Å². The van der Waals surface area contributed by atoms with Crippen LogP contribution < -0.4 is 0 Å². The molecule has 1 fully saturated rings. The smallest absolute Gasteiger partial charge is 0.254 e. The Morgan fingerprint density at radius 3 is 2.32 bits per heavy atom. The van der Waals surface area contributed by atoms with Gasteiger partial charge in [-0.15, -0.1) is 0 Å². The molecule has 2 aromatic rings. The van der Waals surface area contributed by atoms with Crippen LogP contribution in [0.4, 0.5) is 4.39 Å². The number of sulfone groups is 1. The molecule has 4 nitrogen and oxygen atoms in total. The fourth-order valence-electron chi connectivity index (χ4n) is 2.93. The second-order valence-electron chi connectivity index (χ2n) is 6.12. The first-order valence-electron chi connectivity index (χ1n) is 7.85. The normalized spacial score (nSPS) is 18.9. The van der Waals surface area contributed by atoms with Crippen LogP contribution in [0.15, 0.2) is 48.5 Å². The summed E-state index contributed by atoms with van der Waals surface area (Å²) in [7, 11) is -3.14. The van der Waals surface area contributed by atoms with Crippen molar-refractivity contribution >= 4 is 27.3 Å². The van der Waals surface area contributed by atoms with Gasteiger partial charge < -0.3 is 4.90 Å². The van der Waals surface area contributed by atoms with Crippen LogP contribution >= 0.6 is 11.6 Å². The Hall–Kier alpha value is -1.92. The quantitative estimate of drug-likeness (QED) is 0.816. The van der Waals surface area contributed by atoms with Gasteiger partial charge in [-0.1, -0.05) is 23.7 Å². The molecule has 0 spiro atoms. The molecule has 1 saturated heterocycles. The summed E-state index contributed by atoms with van der Waals surface area (Å²) >= 11 is 5.89. The van der Waals surface area contributed by atoms with Crippen LogP contribution in [-0.2, 0) is 16.4 Å². The highest BCUT2D eigenvalue weighted by Gasteiger charge is 2.35. The lowest BCUT2D eigenvalue weighted by Crippen LogP contribution is -2.40. The standard InChI is InChI=1S/C18H17ClFNO3S/c19-15-5-1-13(2-6-15)11-21(17-9-10-25(23,24)12-17)18(22)14-3-7-16(20)8-4-14/h1-8,17H,9-12H2/t17-/m1/s1. The number of rotatable bonds is 4. The predicted molar refractivity (Wildman–Crippen MR) is 94.8 cm³/mol. The molecule has 1 amide bonds. The molecule has 3 rings (SSSR count). The lowest BCUT2D eigenvalue weighted by Gasteiger charge is -2.28. The van der Waals surface area contributed by atoms with Crippen LogP contribution in [0.25, 0.3) is 0 Å². The number of carbonyl (C=O) groups is 1. The Morgan fingerprint density at radius 1 is 1.12 bits per heavy atom. The van der Waals surface area contributed by atoms with Gasteiger partial charge in [0.25, 0.3) is 5.91 Å². The van der Waals surface area contributed by atoms with Crippen molar-refractivity contribution in [3.05, 3.63) is 70.5 Å². The van der Waals surface area contributed by atoms with E-state index in [4.69, 9.17) is 11.6 Å². The van der Waals surface area contributed by atoms with E-state index < -0.39 is 21.7 Å². The van der Waals surface area contributed by atoms with E-state index in [2.05, 4.69) is 0 Å². The minimum atomic E-state index is -3.14. The molecule has 0 radical (unpaired) electrons. The predicted octanol–water partition coefficient (Wildman–Crippen LogP) is 3.31. The third kappa shape index (κ3) is 4.38. The molecule has 0 unspecified atom stereocenters. The molecule has 25 heavy (non-hydrogen) atoms. The molecule has 0 aromatic heterocycles. The van der Waals surface area contributed by atoms with Gasteiger partial charge in [-0.05, 0) is 48.4 Å². The molecular weight excluding hydrogens is 365 g/mol. The lowest BCUT2D eigenvalue weighted by molar-refractivity contribution is 0.0681. The van der Waals surface area contributed by atoms with Crippen molar-refractivity contribution in [1.29, 1.82) is 0 Å². The van der Waals surface area contributed by atoms with Crippen LogP contribution in [0.5, 0.6) is 0 Å². The maximum atomic E-state index is 13.1. The zero-order valence-corrected chi connectivity index (χ0v) is 14.9. The molecule has 1 aliphatic heterocycles. The van der Waals surface area contributed by atoms with Crippen LogP contribution in [0.3, 0.4) is 0 Å². The number of hydrogen-bond donors (Lipinski definition) is 0. The highest BCUT2D eigenvalue weighted by molar-refractivity contribution is 7.91. The third-order valence-corrected chi connectivity index (χ3v) is 6.27. The van der Waals surface area contributed by atoms with Crippen molar-refractivity contribution in [3.63, 3.8) is 0 Å². The molecule has 1 heterocycles. The van der Waals surface area contributed by atoms with Gasteiger partial charge in [0.05, 0.1) is 11.5 Å². The first-order chi connectivity index (χ1) is 11.8. The summed E-state index contributed by atoms with van der Waals surface area (Å²) in [6.45, 7) is 0.271. The number of carbonyl (C=O) groups excluding carboxylic acids is 1. The average Bonchev–Trinajstić information content (AvgIpc) is 2.94. The van der Waals surface area contributed by atoms with E-state index in [0.29, 0.717) is 17.0 Å². The van der Waals surface area contributed by atoms with Crippen LogP contribution in [0.1, 0.15) is 22.3 Å². The van der Waals surface area contributed by atoms with Crippen LogP contribution in [0.2, 0.25) is 5.02 Å². The summed E-state index contributed by atoms with van der Waals surface area (Å²) in [5, 5.41) is 0.587. The number of hydrogen-bond acceptors (Lipinski definition) is 3. The highest BCUT2D eigenvalue weighted by atomic mass is 35.5. The molecule has 0 N–H and O–H groups in total. The Labute approximate surface area is 151 Å². The second kappa shape index (κ2) is 7.14. The number of halogens is 2. The average molecular weight is 382 g/mol. The van der Waals surface area contributed by atoms with Gasteiger partial charge >= 0.3 is 0 Å². The van der Waals surface area contributed by atoms with Crippen molar-refractivity contribution in [2.24, 2.45) is 0 Å². The number of amides is 1. The maximum Gasteiger partial charge on any atom is 0.254 e. The Kier molecular flexibility index (Phi) is 5.11. The fraction of sp³-hybridized carbons (Fsp3) is 0.278. The molecule has 1 aliphatic rings. The molecule has 0 saturated carbocycles. The van der Waals surface area contributed by atoms with Crippen LogP contribution in [-0.4, -0.2) is 36.8 Å². The molecule has 0 aliphatic carbocycles. The molecule has 2 aromatic carbocycles. The summed E-state index contributed by atoms with van der Waals surface area (Å²) in [5.41, 5.74) is 1.18. The van der Waals surface area contributed by atoms with Gasteiger partial charge in [0, 0.05) is 23.2 Å². The van der Waals surface area contributed by atoms with E-state index >= 15 is 0 Å². The van der Waals surface area contributed by atoms with E-state index in [1.165, 1.54) is 24.3 Å². The first kappa shape index (κ1) is 17.9. The largest absolute Gasteiger partial charge is 0.330 e. The van der Waals surface area contributed by atoms with Crippen molar-refractivity contribution in [2.45, 2.75) is 19.0 Å². The zero-order chi connectivity index (χ0) is 18.0. The second-order valence-corrected chi connectivity index (χ2v) is 8.79. The molecular formula is C18H17ClFNO3S. The van der Waals surface area contributed by atoms with Crippen molar-refractivity contribution in [2.75, 3.05) is 11.5 Å². The van der Waals surface area contributed by atoms with Gasteiger partial charge in [0.1, 0.15) is 5.82 Å².